The number of carbonyl (C=O) groups excluding carboxylic acids is 1. The molecule has 0 aromatic heterocycles. The van der Waals surface area contributed by atoms with Crippen molar-refractivity contribution in [2.24, 2.45) is 0 Å². The number of nitrogens with one attached hydrogen (secondary N) is 1. The highest BCUT2D eigenvalue weighted by molar-refractivity contribution is 5.76. The Kier molecular flexibility index (Phi) is 3.29. The van der Waals surface area contributed by atoms with Gasteiger partial charge in [-0.05, 0) is 25.0 Å². The van der Waals surface area contributed by atoms with Gasteiger partial charge in [0.15, 0.2) is 0 Å². The molecule has 0 radical (unpaired) electrons. The van der Waals surface area contributed by atoms with Crippen LogP contribution in [0.25, 0.3) is 0 Å². The fraction of sp³-hybridized carbons (Fsp3) is 0.500. The van der Waals surface area contributed by atoms with Gasteiger partial charge in [-0.3, -0.25) is 4.79 Å². The minimum Gasteiger partial charge on any atom is -0.493 e. The van der Waals surface area contributed by atoms with Crippen molar-refractivity contribution in [3.8, 4) is 11.5 Å². The van der Waals surface area contributed by atoms with Gasteiger partial charge in [-0.25, -0.2) is 0 Å². The van der Waals surface area contributed by atoms with E-state index in [4.69, 9.17) is 9.47 Å². The quantitative estimate of drug-likeness (QED) is 0.836. The summed E-state index contributed by atoms with van der Waals surface area (Å²) in [6.07, 6.45) is 2.00. The molecule has 1 fully saturated rings. The normalized spacial score (nSPS) is 20.6. The first kappa shape index (κ1) is 12.3. The molecule has 0 spiro atoms. The van der Waals surface area contributed by atoms with Crippen molar-refractivity contribution in [1.82, 2.24) is 5.32 Å². The molecule has 1 aromatic carbocycles. The molecule has 3 rings (SSSR count). The van der Waals surface area contributed by atoms with Crippen LogP contribution in [0.4, 0.5) is 0 Å². The number of amides is 1. The molecule has 2 aliphatic rings. The number of aliphatic hydroxyl groups is 1. The lowest BCUT2D eigenvalue weighted by Crippen LogP contribution is -2.26. The van der Waals surface area contributed by atoms with E-state index in [0.717, 1.165) is 18.4 Å². The second kappa shape index (κ2) is 5.09. The molecule has 1 amide bonds. The number of carbonyl (C=O) groups is 1. The summed E-state index contributed by atoms with van der Waals surface area (Å²) < 4.78 is 10.8. The SMILES string of the molecule is O=C(CCOc1ccc2c(c1)OCC2O)NC1CC1. The highest BCUT2D eigenvalue weighted by atomic mass is 16.5. The van der Waals surface area contributed by atoms with Crippen LogP contribution in [-0.2, 0) is 4.79 Å². The predicted octanol–water partition coefficient (Wildman–Crippen LogP) is 1.16. The maximum absolute atomic E-state index is 11.5. The Bertz CT molecular complexity index is 484. The molecule has 2 N–H and O–H groups in total. The van der Waals surface area contributed by atoms with Gasteiger partial charge in [0, 0.05) is 17.7 Å². The molecule has 1 saturated carbocycles. The van der Waals surface area contributed by atoms with Gasteiger partial charge in [-0.2, -0.15) is 0 Å². The Morgan fingerprint density at radius 3 is 3.11 bits per heavy atom. The monoisotopic (exact) mass is 263 g/mol. The summed E-state index contributed by atoms with van der Waals surface area (Å²) >= 11 is 0. The Hall–Kier alpha value is -1.75. The fourth-order valence-electron chi connectivity index (χ4n) is 2.05. The average Bonchev–Trinajstić information content (AvgIpc) is 3.13. The van der Waals surface area contributed by atoms with Crippen LogP contribution in [-0.4, -0.2) is 30.3 Å². The Balaban J connectivity index is 1.48. The number of rotatable bonds is 5. The molecule has 1 aromatic rings. The molecule has 5 heteroatoms. The molecule has 1 aliphatic carbocycles. The highest BCUT2D eigenvalue weighted by Crippen LogP contribution is 2.35. The molecule has 0 saturated heterocycles. The molecule has 102 valence electrons. The Morgan fingerprint density at radius 1 is 1.47 bits per heavy atom. The van der Waals surface area contributed by atoms with E-state index in [-0.39, 0.29) is 5.91 Å². The second-order valence-electron chi connectivity index (χ2n) is 4.97. The first-order valence-corrected chi connectivity index (χ1v) is 6.59. The van der Waals surface area contributed by atoms with Gasteiger partial charge in [0.05, 0.1) is 13.0 Å². The van der Waals surface area contributed by atoms with Crippen LogP contribution in [0, 0.1) is 0 Å². The lowest BCUT2D eigenvalue weighted by atomic mass is 10.1. The van der Waals surface area contributed by atoms with Gasteiger partial charge >= 0.3 is 0 Å². The molecule has 1 aliphatic heterocycles. The molecular formula is C14H17NO4. The third-order valence-electron chi connectivity index (χ3n) is 3.28. The van der Waals surface area contributed by atoms with Crippen LogP contribution in [0.15, 0.2) is 18.2 Å². The maximum atomic E-state index is 11.5. The van der Waals surface area contributed by atoms with E-state index in [1.807, 2.05) is 0 Å². The zero-order valence-electron chi connectivity index (χ0n) is 10.6. The summed E-state index contributed by atoms with van der Waals surface area (Å²) in [4.78, 5) is 11.5. The molecule has 19 heavy (non-hydrogen) atoms. The predicted molar refractivity (Wildman–Crippen MR) is 68.2 cm³/mol. The van der Waals surface area contributed by atoms with Crippen LogP contribution in [0.2, 0.25) is 0 Å². The van der Waals surface area contributed by atoms with E-state index in [2.05, 4.69) is 5.32 Å². The summed E-state index contributed by atoms with van der Waals surface area (Å²) in [7, 11) is 0. The minimum absolute atomic E-state index is 0.0373. The highest BCUT2D eigenvalue weighted by Gasteiger charge is 2.23. The lowest BCUT2D eigenvalue weighted by molar-refractivity contribution is -0.121. The third kappa shape index (κ3) is 2.98. The van der Waals surface area contributed by atoms with Crippen molar-refractivity contribution in [3.63, 3.8) is 0 Å². The first-order chi connectivity index (χ1) is 9.22. The number of hydrogen-bond donors (Lipinski definition) is 2. The number of aliphatic hydroxyl groups excluding tert-OH is 1. The molecule has 1 atom stereocenters. The standard InChI is InChI=1S/C14H17NO4/c16-12-8-19-13-7-10(3-4-11(12)13)18-6-5-14(17)15-9-1-2-9/h3-4,7,9,12,16H,1-2,5-6,8H2,(H,15,17). The van der Waals surface area contributed by atoms with Gasteiger partial charge in [0.2, 0.25) is 5.91 Å². The summed E-state index contributed by atoms with van der Waals surface area (Å²) in [6, 6.07) is 5.73. The first-order valence-electron chi connectivity index (χ1n) is 6.59. The average molecular weight is 263 g/mol. The van der Waals surface area contributed by atoms with Crippen molar-refractivity contribution in [2.75, 3.05) is 13.2 Å². The topological polar surface area (TPSA) is 67.8 Å². The molecule has 5 nitrogen and oxygen atoms in total. The van der Waals surface area contributed by atoms with Crippen LogP contribution >= 0.6 is 0 Å². The van der Waals surface area contributed by atoms with E-state index < -0.39 is 6.10 Å². The third-order valence-corrected chi connectivity index (χ3v) is 3.28. The van der Waals surface area contributed by atoms with E-state index in [1.54, 1.807) is 18.2 Å². The Labute approximate surface area is 111 Å². The summed E-state index contributed by atoms with van der Waals surface area (Å²) in [5, 5.41) is 12.5. The summed E-state index contributed by atoms with van der Waals surface area (Å²) in [5.41, 5.74) is 0.791. The lowest BCUT2D eigenvalue weighted by Gasteiger charge is -2.08. The fourth-order valence-corrected chi connectivity index (χ4v) is 2.05. The van der Waals surface area contributed by atoms with Crippen LogP contribution in [0.5, 0.6) is 11.5 Å². The Morgan fingerprint density at radius 2 is 2.32 bits per heavy atom. The number of ether oxygens (including phenoxy) is 2. The molecule has 0 bridgehead atoms. The van der Waals surface area contributed by atoms with Gasteiger partial charge in [-0.15, -0.1) is 0 Å². The van der Waals surface area contributed by atoms with Crippen molar-refractivity contribution in [2.45, 2.75) is 31.4 Å². The van der Waals surface area contributed by atoms with Crippen molar-refractivity contribution in [3.05, 3.63) is 23.8 Å². The summed E-state index contributed by atoms with van der Waals surface area (Å²) in [5.74, 6) is 1.36. The van der Waals surface area contributed by atoms with Crippen LogP contribution in [0.1, 0.15) is 30.9 Å². The molecule has 1 unspecified atom stereocenters. The smallest absolute Gasteiger partial charge is 0.223 e. The van der Waals surface area contributed by atoms with Crippen molar-refractivity contribution >= 4 is 5.91 Å². The number of hydrogen-bond acceptors (Lipinski definition) is 4. The van der Waals surface area contributed by atoms with Gasteiger partial charge in [0.1, 0.15) is 24.2 Å². The van der Waals surface area contributed by atoms with Crippen LogP contribution < -0.4 is 14.8 Å². The van der Waals surface area contributed by atoms with E-state index in [0.29, 0.717) is 37.2 Å². The maximum Gasteiger partial charge on any atom is 0.223 e. The van der Waals surface area contributed by atoms with Crippen molar-refractivity contribution < 1.29 is 19.4 Å². The molecule has 1 heterocycles. The zero-order chi connectivity index (χ0) is 13.2. The largest absolute Gasteiger partial charge is 0.493 e. The van der Waals surface area contributed by atoms with Gasteiger partial charge < -0.3 is 19.9 Å². The van der Waals surface area contributed by atoms with Crippen molar-refractivity contribution in [1.29, 1.82) is 0 Å². The van der Waals surface area contributed by atoms with E-state index >= 15 is 0 Å². The van der Waals surface area contributed by atoms with E-state index in [1.165, 1.54) is 0 Å². The minimum atomic E-state index is -0.548. The van der Waals surface area contributed by atoms with Gasteiger partial charge in [-0.1, -0.05) is 0 Å². The molecular weight excluding hydrogens is 246 g/mol. The van der Waals surface area contributed by atoms with Crippen LogP contribution in [0.3, 0.4) is 0 Å². The second-order valence-corrected chi connectivity index (χ2v) is 4.97. The zero-order valence-corrected chi connectivity index (χ0v) is 10.6. The number of benzene rings is 1. The van der Waals surface area contributed by atoms with E-state index in [9.17, 15) is 9.90 Å². The number of fused-ring (bicyclic) bond motifs is 1. The summed E-state index contributed by atoms with van der Waals surface area (Å²) in [6.45, 7) is 0.641. The van der Waals surface area contributed by atoms with Gasteiger partial charge in [0.25, 0.3) is 0 Å².